The van der Waals surface area contributed by atoms with Crippen LogP contribution in [-0.2, 0) is 0 Å². The van der Waals surface area contributed by atoms with E-state index >= 15 is 0 Å². The third kappa shape index (κ3) is 3.10. The lowest BCUT2D eigenvalue weighted by atomic mass is 10.0. The number of hydrogen-bond donors (Lipinski definition) is 0. The van der Waals surface area contributed by atoms with E-state index in [4.69, 9.17) is 0 Å². The van der Waals surface area contributed by atoms with Crippen molar-refractivity contribution in [1.29, 1.82) is 0 Å². The Morgan fingerprint density at radius 2 is 1.96 bits per heavy atom. The molecule has 0 bridgehead atoms. The van der Waals surface area contributed by atoms with Crippen LogP contribution in [0.15, 0.2) is 18.5 Å². The molecule has 0 spiro atoms. The number of carbonyl (C=O) groups is 1. The number of amides is 1. The molecule has 0 radical (unpaired) electrons. The summed E-state index contributed by atoms with van der Waals surface area (Å²) in [6, 6.07) is 2.77. The Kier molecular flexibility index (Phi) is 4.67. The standard InChI is InChI=1S/C19H28N6O/c1-22(2)19(26)16-12-21-25-17(4-8-20-18(16)25)14-5-11-24(13-14)15-6-9-23(3)10-7-15/h4,8,12,14-15H,5-7,9-11,13H2,1-3H3/t14-/m0/s1. The highest BCUT2D eigenvalue weighted by molar-refractivity contribution is 5.99. The highest BCUT2D eigenvalue weighted by atomic mass is 16.2. The van der Waals surface area contributed by atoms with Crippen molar-refractivity contribution < 1.29 is 4.79 Å². The van der Waals surface area contributed by atoms with Crippen LogP contribution in [-0.4, -0.2) is 88.6 Å². The topological polar surface area (TPSA) is 57.0 Å². The van der Waals surface area contributed by atoms with Crippen molar-refractivity contribution in [3.63, 3.8) is 0 Å². The molecule has 2 fully saturated rings. The lowest BCUT2D eigenvalue weighted by Gasteiger charge is -2.35. The van der Waals surface area contributed by atoms with Gasteiger partial charge >= 0.3 is 0 Å². The number of hydrogen-bond acceptors (Lipinski definition) is 5. The van der Waals surface area contributed by atoms with Crippen molar-refractivity contribution in [3.8, 4) is 0 Å². The zero-order valence-corrected chi connectivity index (χ0v) is 15.9. The van der Waals surface area contributed by atoms with E-state index in [1.165, 1.54) is 31.6 Å². The third-order valence-corrected chi connectivity index (χ3v) is 5.91. The van der Waals surface area contributed by atoms with Gasteiger partial charge in [-0.15, -0.1) is 0 Å². The Balaban J connectivity index is 1.55. The summed E-state index contributed by atoms with van der Waals surface area (Å²) in [5, 5.41) is 4.50. The summed E-state index contributed by atoms with van der Waals surface area (Å²) in [5.74, 6) is 0.395. The molecule has 2 saturated heterocycles. The Hall–Kier alpha value is -1.99. The molecule has 2 aliphatic heterocycles. The van der Waals surface area contributed by atoms with Gasteiger partial charge in [0.05, 0.1) is 11.9 Å². The largest absolute Gasteiger partial charge is 0.345 e. The Labute approximate surface area is 154 Å². The summed E-state index contributed by atoms with van der Waals surface area (Å²) in [7, 11) is 5.72. The smallest absolute Gasteiger partial charge is 0.258 e. The molecule has 2 aromatic rings. The molecule has 0 saturated carbocycles. The first-order valence-corrected chi connectivity index (χ1v) is 9.51. The van der Waals surface area contributed by atoms with Crippen molar-refractivity contribution in [2.24, 2.45) is 0 Å². The molecule has 0 aromatic carbocycles. The molecule has 0 aliphatic carbocycles. The Bertz CT molecular complexity index is 792. The summed E-state index contributed by atoms with van der Waals surface area (Å²) >= 11 is 0. The van der Waals surface area contributed by atoms with Gasteiger partial charge in [0.2, 0.25) is 0 Å². The number of carbonyl (C=O) groups excluding carboxylic acids is 1. The predicted molar refractivity (Wildman–Crippen MR) is 100 cm³/mol. The molecule has 4 rings (SSSR count). The fourth-order valence-corrected chi connectivity index (χ4v) is 4.33. The second-order valence-corrected chi connectivity index (χ2v) is 7.88. The van der Waals surface area contributed by atoms with Crippen molar-refractivity contribution in [2.45, 2.75) is 31.2 Å². The highest BCUT2D eigenvalue weighted by Crippen LogP contribution is 2.31. The van der Waals surface area contributed by atoms with Gasteiger partial charge in [-0.3, -0.25) is 9.69 Å². The van der Waals surface area contributed by atoms with Gasteiger partial charge < -0.3 is 9.80 Å². The summed E-state index contributed by atoms with van der Waals surface area (Å²) < 4.78 is 1.87. The SMILES string of the molecule is CN1CCC(N2CC[C@H](c3ccnc4c(C(=O)N(C)C)cnn34)C2)CC1. The average Bonchev–Trinajstić information content (AvgIpc) is 3.28. The highest BCUT2D eigenvalue weighted by Gasteiger charge is 2.32. The first-order chi connectivity index (χ1) is 12.5. The van der Waals surface area contributed by atoms with E-state index in [1.807, 2.05) is 10.7 Å². The second-order valence-electron chi connectivity index (χ2n) is 7.88. The van der Waals surface area contributed by atoms with Gasteiger partial charge in [0, 0.05) is 38.8 Å². The van der Waals surface area contributed by atoms with E-state index in [9.17, 15) is 4.79 Å². The van der Waals surface area contributed by atoms with Gasteiger partial charge in [-0.05, 0) is 52.0 Å². The first-order valence-electron chi connectivity index (χ1n) is 9.51. The zero-order valence-electron chi connectivity index (χ0n) is 15.9. The maximum atomic E-state index is 12.4. The van der Waals surface area contributed by atoms with E-state index in [1.54, 1.807) is 25.2 Å². The van der Waals surface area contributed by atoms with Gasteiger partial charge in [-0.2, -0.15) is 5.10 Å². The van der Waals surface area contributed by atoms with Crippen LogP contribution in [0.5, 0.6) is 0 Å². The van der Waals surface area contributed by atoms with E-state index in [0.717, 1.165) is 19.5 Å². The van der Waals surface area contributed by atoms with Crippen molar-refractivity contribution in [2.75, 3.05) is 47.3 Å². The first kappa shape index (κ1) is 17.4. The number of piperidine rings is 1. The number of rotatable bonds is 3. The van der Waals surface area contributed by atoms with Gasteiger partial charge in [-0.1, -0.05) is 0 Å². The second kappa shape index (κ2) is 6.96. The van der Waals surface area contributed by atoms with Crippen molar-refractivity contribution in [1.82, 2.24) is 29.3 Å². The molecule has 0 unspecified atom stereocenters. The average molecular weight is 356 g/mol. The van der Waals surface area contributed by atoms with Crippen molar-refractivity contribution >= 4 is 11.6 Å². The third-order valence-electron chi connectivity index (χ3n) is 5.91. The summed E-state index contributed by atoms with van der Waals surface area (Å²) in [4.78, 5) is 23.4. The van der Waals surface area contributed by atoms with Crippen LogP contribution in [0.1, 0.15) is 41.2 Å². The number of fused-ring (bicyclic) bond motifs is 1. The van der Waals surface area contributed by atoms with Crippen LogP contribution < -0.4 is 0 Å². The van der Waals surface area contributed by atoms with Gasteiger partial charge in [0.15, 0.2) is 5.65 Å². The summed E-state index contributed by atoms with van der Waals surface area (Å²) in [6.07, 6.45) is 7.13. The van der Waals surface area contributed by atoms with Gasteiger partial charge in [-0.25, -0.2) is 9.50 Å². The van der Waals surface area contributed by atoms with Gasteiger partial charge in [0.1, 0.15) is 5.56 Å². The van der Waals surface area contributed by atoms with Crippen molar-refractivity contribution in [3.05, 3.63) is 29.7 Å². The monoisotopic (exact) mass is 356 g/mol. The number of likely N-dealkylation sites (tertiary alicyclic amines) is 2. The molecule has 0 N–H and O–H groups in total. The summed E-state index contributed by atoms with van der Waals surface area (Å²) in [6.45, 7) is 4.61. The van der Waals surface area contributed by atoms with E-state index in [0.29, 0.717) is 23.2 Å². The number of nitrogens with zero attached hydrogens (tertiary/aromatic N) is 6. The minimum absolute atomic E-state index is 0.0518. The maximum absolute atomic E-state index is 12.4. The molecular formula is C19H28N6O. The predicted octanol–water partition coefficient (Wildman–Crippen LogP) is 1.31. The van der Waals surface area contributed by atoms with Crippen LogP contribution in [0.2, 0.25) is 0 Å². The van der Waals surface area contributed by atoms with Crippen LogP contribution >= 0.6 is 0 Å². The minimum Gasteiger partial charge on any atom is -0.345 e. The van der Waals surface area contributed by atoms with Crippen LogP contribution in [0.4, 0.5) is 0 Å². The van der Waals surface area contributed by atoms with E-state index < -0.39 is 0 Å². The lowest BCUT2D eigenvalue weighted by Crippen LogP contribution is -2.42. The number of aromatic nitrogens is 3. The van der Waals surface area contributed by atoms with E-state index in [-0.39, 0.29) is 5.91 Å². The minimum atomic E-state index is -0.0518. The summed E-state index contributed by atoms with van der Waals surface area (Å²) in [5.41, 5.74) is 2.41. The molecule has 7 heteroatoms. The van der Waals surface area contributed by atoms with Crippen LogP contribution in [0.25, 0.3) is 5.65 Å². The fraction of sp³-hybridized carbons (Fsp3) is 0.632. The van der Waals surface area contributed by atoms with E-state index in [2.05, 4.69) is 33.0 Å². The fourth-order valence-electron chi connectivity index (χ4n) is 4.33. The van der Waals surface area contributed by atoms with Gasteiger partial charge in [0.25, 0.3) is 5.91 Å². The quantitative estimate of drug-likeness (QED) is 0.830. The molecule has 4 heterocycles. The van der Waals surface area contributed by atoms with Crippen LogP contribution in [0, 0.1) is 0 Å². The molecule has 7 nitrogen and oxygen atoms in total. The molecular weight excluding hydrogens is 328 g/mol. The lowest BCUT2D eigenvalue weighted by molar-refractivity contribution is 0.0829. The normalized spacial score (nSPS) is 23.0. The van der Waals surface area contributed by atoms with Crippen LogP contribution in [0.3, 0.4) is 0 Å². The Morgan fingerprint density at radius 3 is 2.69 bits per heavy atom. The molecule has 140 valence electrons. The molecule has 2 aliphatic rings. The zero-order chi connectivity index (χ0) is 18.3. The molecule has 1 atom stereocenters. The molecule has 2 aromatic heterocycles. The molecule has 1 amide bonds. The maximum Gasteiger partial charge on any atom is 0.258 e. The molecule has 26 heavy (non-hydrogen) atoms. The Morgan fingerprint density at radius 1 is 1.19 bits per heavy atom.